The molecule has 2 N–H and O–H groups in total. The number of hydrogen-bond acceptors (Lipinski definition) is 5. The van der Waals surface area contributed by atoms with Gasteiger partial charge in [0.05, 0.1) is 0 Å². The molecule has 0 saturated carbocycles. The summed E-state index contributed by atoms with van der Waals surface area (Å²) in [6.07, 6.45) is -1.38. The van der Waals surface area contributed by atoms with Crippen molar-refractivity contribution < 1.29 is 24.6 Å². The zero-order valence-electron chi connectivity index (χ0n) is 7.81. The van der Waals surface area contributed by atoms with Crippen LogP contribution >= 0.6 is 46.4 Å². The molecule has 0 fully saturated rings. The maximum Gasteiger partial charge on any atom is 0.535 e. The van der Waals surface area contributed by atoms with Crippen LogP contribution in [0.3, 0.4) is 0 Å². The number of aromatic nitrogens is 1. The maximum atomic E-state index is 11.1. The largest absolute Gasteiger partial charge is 0.535 e. The lowest BCUT2D eigenvalue weighted by Gasteiger charge is -2.17. The van der Waals surface area contributed by atoms with Crippen LogP contribution in [0.25, 0.3) is 0 Å². The molecule has 0 aromatic carbocycles. The monoisotopic (exact) mass is 323 g/mol. The van der Waals surface area contributed by atoms with Crippen LogP contribution in [0.1, 0.15) is 0 Å². The fourth-order valence-corrected chi connectivity index (χ4v) is 0.949. The molecule has 17 heavy (non-hydrogen) atoms. The molecule has 1 aromatic heterocycles. The summed E-state index contributed by atoms with van der Waals surface area (Å²) in [4.78, 5) is 15.5. The van der Waals surface area contributed by atoms with Gasteiger partial charge < -0.3 is 14.9 Å². The Kier molecular flexibility index (Phi) is 4.48. The Bertz CT molecular complexity index is 395. The molecule has 0 bridgehead atoms. The van der Waals surface area contributed by atoms with E-state index in [0.29, 0.717) is 4.73 Å². The van der Waals surface area contributed by atoms with Crippen molar-refractivity contribution in [1.29, 1.82) is 0 Å². The number of halogens is 4. The summed E-state index contributed by atoms with van der Waals surface area (Å²) < 4.78 is 2.72. The first-order chi connectivity index (χ1) is 7.71. The molecule has 0 radical (unpaired) electrons. The lowest BCUT2D eigenvalue weighted by Crippen LogP contribution is -2.30. The predicted molar refractivity (Wildman–Crippen MR) is 60.8 cm³/mol. The molecule has 1 heterocycles. The van der Waals surface area contributed by atoms with Crippen LogP contribution < -0.4 is 4.84 Å². The first-order valence-corrected chi connectivity index (χ1v) is 5.48. The second-order valence-electron chi connectivity index (χ2n) is 2.66. The smallest absolute Gasteiger partial charge is 0.492 e. The summed E-state index contributed by atoms with van der Waals surface area (Å²) in [5.41, 5.74) is -1.60. The van der Waals surface area contributed by atoms with Gasteiger partial charge in [-0.25, -0.2) is 4.79 Å². The third kappa shape index (κ3) is 3.92. The number of nitrogens with zero attached hydrogens (tertiary/aromatic N) is 1. The molecule has 0 saturated heterocycles. The molecule has 1 atom stereocenters. The minimum Gasteiger partial charge on any atom is -0.492 e. The highest BCUT2D eigenvalue weighted by molar-refractivity contribution is 6.70. The van der Waals surface area contributed by atoms with E-state index in [4.69, 9.17) is 56.6 Å². The van der Waals surface area contributed by atoms with Crippen molar-refractivity contribution in [2.24, 2.45) is 0 Å². The van der Waals surface area contributed by atoms with Crippen LogP contribution in [0.2, 0.25) is 0 Å². The van der Waals surface area contributed by atoms with Gasteiger partial charge in [-0.2, -0.15) is 0 Å². The molecule has 10 heteroatoms. The number of ether oxygens (including phenoxy) is 1. The van der Waals surface area contributed by atoms with Crippen LogP contribution in [0, 0.1) is 0 Å². The average Bonchev–Trinajstić information content (AvgIpc) is 2.48. The van der Waals surface area contributed by atoms with Crippen molar-refractivity contribution >= 4 is 52.6 Å². The Morgan fingerprint density at radius 2 is 1.76 bits per heavy atom. The number of carbonyl (C=O) groups excluding carboxylic acids is 1. The van der Waals surface area contributed by atoms with Crippen molar-refractivity contribution in [2.75, 3.05) is 0 Å². The molecule has 0 spiro atoms. The van der Waals surface area contributed by atoms with Gasteiger partial charge in [0.25, 0.3) is 0 Å². The quantitative estimate of drug-likeness (QED) is 0.645. The second kappa shape index (κ2) is 5.30. The van der Waals surface area contributed by atoms with E-state index in [9.17, 15) is 4.79 Å². The number of hydrogen-bond donors (Lipinski definition) is 2. The van der Waals surface area contributed by atoms with Crippen LogP contribution in [-0.2, 0) is 4.74 Å². The van der Waals surface area contributed by atoms with Gasteiger partial charge in [-0.05, 0) is 0 Å². The molecule has 1 unspecified atom stereocenters. The lowest BCUT2D eigenvalue weighted by molar-refractivity contribution is 0.0284. The molecule has 6 nitrogen and oxygen atoms in total. The molecule has 0 aliphatic heterocycles. The van der Waals surface area contributed by atoms with Crippen molar-refractivity contribution in [2.45, 2.75) is 9.36 Å². The Labute approximate surface area is 115 Å². The summed E-state index contributed by atoms with van der Waals surface area (Å²) in [5.74, 6) is -1.06. The minimum atomic E-state index is -2.04. The third-order valence-electron chi connectivity index (χ3n) is 1.42. The molecule has 1 rings (SSSR count). The minimum absolute atomic E-state index is 0.393. The Hall–Kier alpha value is -0.690. The fourth-order valence-electron chi connectivity index (χ4n) is 0.743. The van der Waals surface area contributed by atoms with Gasteiger partial charge in [0.2, 0.25) is 21.1 Å². The highest BCUT2D eigenvalue weighted by Gasteiger charge is 2.35. The van der Waals surface area contributed by atoms with E-state index in [-0.39, 0.29) is 0 Å². The summed E-state index contributed by atoms with van der Waals surface area (Å²) in [7, 11) is 0. The summed E-state index contributed by atoms with van der Waals surface area (Å²) in [6, 6.07) is 2.16. The number of carbonyl (C=O) groups is 1. The first kappa shape index (κ1) is 14.4. The van der Waals surface area contributed by atoms with Gasteiger partial charge in [0, 0.05) is 12.1 Å². The van der Waals surface area contributed by atoms with Crippen LogP contribution in [0.5, 0.6) is 11.8 Å². The molecular weight excluding hydrogens is 320 g/mol. The van der Waals surface area contributed by atoms with E-state index >= 15 is 0 Å². The molecule has 1 aromatic rings. The van der Waals surface area contributed by atoms with E-state index in [1.54, 1.807) is 0 Å². The molecular formula is C7H5Cl4NO5. The number of rotatable bonds is 2. The molecule has 0 amide bonds. The van der Waals surface area contributed by atoms with E-state index < -0.39 is 27.3 Å². The fraction of sp³-hybridized carbons (Fsp3) is 0.286. The highest BCUT2D eigenvalue weighted by atomic mass is 35.6. The normalized spacial score (nSPS) is 13.2. The Morgan fingerprint density at radius 3 is 2.18 bits per heavy atom. The van der Waals surface area contributed by atoms with E-state index in [1.807, 2.05) is 0 Å². The molecule has 0 aliphatic rings. The van der Waals surface area contributed by atoms with Crippen LogP contribution in [0.15, 0.2) is 12.1 Å². The van der Waals surface area contributed by atoms with Gasteiger partial charge in [-0.3, -0.25) is 4.84 Å². The molecule has 0 aliphatic carbocycles. The number of aromatic hydroxyl groups is 2. The van der Waals surface area contributed by atoms with Crippen molar-refractivity contribution in [1.82, 2.24) is 4.73 Å². The number of alkyl halides is 4. The van der Waals surface area contributed by atoms with Crippen LogP contribution in [0.4, 0.5) is 4.79 Å². The van der Waals surface area contributed by atoms with E-state index in [0.717, 1.165) is 12.1 Å². The van der Waals surface area contributed by atoms with Gasteiger partial charge in [0.1, 0.15) is 0 Å². The summed E-state index contributed by atoms with van der Waals surface area (Å²) >= 11 is 21.4. The topological polar surface area (TPSA) is 80.9 Å². The van der Waals surface area contributed by atoms with Crippen molar-refractivity contribution in [3.05, 3.63) is 12.1 Å². The molecule has 96 valence electrons. The van der Waals surface area contributed by atoms with Gasteiger partial charge in [0.15, 0.2) is 0 Å². The standard InChI is InChI=1S/C7H5Cl4NO5/c8-5(7(9,10)11)16-6(15)17-12-3(13)1-2-4(12)14/h1-2,5,13-14H. The van der Waals surface area contributed by atoms with E-state index in [2.05, 4.69) is 9.57 Å². The summed E-state index contributed by atoms with van der Waals surface area (Å²) in [6.45, 7) is 0. The first-order valence-electron chi connectivity index (χ1n) is 3.91. The Balaban J connectivity index is 2.63. The average molecular weight is 325 g/mol. The van der Waals surface area contributed by atoms with E-state index in [1.165, 1.54) is 0 Å². The van der Waals surface area contributed by atoms with Crippen LogP contribution in [-0.4, -0.2) is 30.5 Å². The summed E-state index contributed by atoms with van der Waals surface area (Å²) in [5, 5.41) is 18.3. The second-order valence-corrected chi connectivity index (χ2v) is 5.43. The third-order valence-corrected chi connectivity index (χ3v) is 2.77. The maximum absolute atomic E-state index is 11.1. The van der Waals surface area contributed by atoms with Gasteiger partial charge in [-0.1, -0.05) is 46.4 Å². The van der Waals surface area contributed by atoms with Crippen molar-refractivity contribution in [3.8, 4) is 11.8 Å². The SMILES string of the molecule is O=C(OC(Cl)C(Cl)(Cl)Cl)On1c(O)ccc1O. The van der Waals surface area contributed by atoms with Gasteiger partial charge in [-0.15, -0.1) is 4.73 Å². The van der Waals surface area contributed by atoms with Gasteiger partial charge >= 0.3 is 6.16 Å². The Morgan fingerprint density at radius 1 is 1.29 bits per heavy atom. The predicted octanol–water partition coefficient (Wildman–Crippen LogP) is 2.40. The van der Waals surface area contributed by atoms with Crippen molar-refractivity contribution in [3.63, 3.8) is 0 Å². The zero-order chi connectivity index (χ0) is 13.2. The highest BCUT2D eigenvalue weighted by Crippen LogP contribution is 2.34. The lowest BCUT2D eigenvalue weighted by atomic mass is 10.6. The zero-order valence-corrected chi connectivity index (χ0v) is 10.8.